The molecule has 2 aromatic carbocycles. The van der Waals surface area contributed by atoms with E-state index in [-0.39, 0.29) is 6.61 Å². The fourth-order valence-electron chi connectivity index (χ4n) is 4.48. The first-order chi connectivity index (χ1) is 12.5. The molecule has 5 heteroatoms. The third kappa shape index (κ3) is 3.20. The fourth-order valence-corrected chi connectivity index (χ4v) is 5.15. The van der Waals surface area contributed by atoms with Crippen molar-refractivity contribution in [1.29, 1.82) is 0 Å². The van der Waals surface area contributed by atoms with Gasteiger partial charge in [-0.3, -0.25) is 4.90 Å². The molecule has 2 atom stereocenters. The first kappa shape index (κ1) is 17.7. The summed E-state index contributed by atoms with van der Waals surface area (Å²) >= 11 is 0. The molecule has 1 fully saturated rings. The van der Waals surface area contributed by atoms with Crippen molar-refractivity contribution in [1.82, 2.24) is 4.90 Å². The molecule has 1 N–H and O–H groups in total. The van der Waals surface area contributed by atoms with Crippen LogP contribution in [0, 0.1) is 0 Å². The van der Waals surface area contributed by atoms with Crippen LogP contribution >= 0.6 is 0 Å². The van der Waals surface area contributed by atoms with E-state index in [1.54, 1.807) is 12.1 Å². The Bertz CT molecular complexity index is 921. The van der Waals surface area contributed by atoms with Gasteiger partial charge in [-0.2, -0.15) is 0 Å². The topological polar surface area (TPSA) is 57.6 Å². The smallest absolute Gasteiger partial charge is 0.175 e. The summed E-state index contributed by atoms with van der Waals surface area (Å²) in [7, 11) is -3.21. The second-order valence-corrected chi connectivity index (χ2v) is 9.51. The minimum atomic E-state index is -3.21. The number of hydrogen-bond donors (Lipinski definition) is 1. The summed E-state index contributed by atoms with van der Waals surface area (Å²) < 4.78 is 23.7. The molecule has 0 aromatic heterocycles. The molecule has 1 aliphatic heterocycles. The zero-order valence-electron chi connectivity index (χ0n) is 15.1. The first-order valence-electron chi connectivity index (χ1n) is 9.26. The second-order valence-electron chi connectivity index (χ2n) is 7.49. The van der Waals surface area contributed by atoms with Crippen molar-refractivity contribution in [3.8, 4) is 11.1 Å². The number of fused-ring (bicyclic) bond motifs is 5. The summed E-state index contributed by atoms with van der Waals surface area (Å²) in [5, 5.41) is 9.17. The number of piperidine rings is 1. The van der Waals surface area contributed by atoms with Crippen LogP contribution < -0.4 is 0 Å². The van der Waals surface area contributed by atoms with Crippen LogP contribution in [-0.2, 0) is 9.84 Å². The molecule has 26 heavy (non-hydrogen) atoms. The molecule has 0 unspecified atom stereocenters. The van der Waals surface area contributed by atoms with E-state index < -0.39 is 9.84 Å². The van der Waals surface area contributed by atoms with Gasteiger partial charge < -0.3 is 5.11 Å². The molecule has 1 saturated heterocycles. The van der Waals surface area contributed by atoms with Gasteiger partial charge in [0.1, 0.15) is 0 Å². The van der Waals surface area contributed by atoms with E-state index in [4.69, 9.17) is 0 Å². The van der Waals surface area contributed by atoms with Crippen LogP contribution in [0.25, 0.3) is 11.1 Å². The fraction of sp³-hybridized carbons (Fsp3) is 0.429. The van der Waals surface area contributed by atoms with Crippen LogP contribution in [0.5, 0.6) is 0 Å². The van der Waals surface area contributed by atoms with E-state index in [9.17, 15) is 13.5 Å². The van der Waals surface area contributed by atoms with E-state index in [1.807, 2.05) is 12.1 Å². The Morgan fingerprint density at radius 1 is 1.12 bits per heavy atom. The lowest BCUT2D eigenvalue weighted by molar-refractivity contribution is 0.139. The molecule has 4 nitrogen and oxygen atoms in total. The molecule has 0 spiro atoms. The van der Waals surface area contributed by atoms with Crippen molar-refractivity contribution in [2.75, 3.05) is 26.0 Å². The van der Waals surface area contributed by atoms with E-state index in [0.717, 1.165) is 37.1 Å². The number of rotatable bonds is 5. The molecule has 2 aliphatic rings. The third-order valence-corrected chi connectivity index (χ3v) is 6.91. The van der Waals surface area contributed by atoms with Crippen LogP contribution in [0.3, 0.4) is 0 Å². The predicted molar refractivity (Wildman–Crippen MR) is 103 cm³/mol. The van der Waals surface area contributed by atoms with E-state index in [2.05, 4.69) is 23.1 Å². The van der Waals surface area contributed by atoms with E-state index in [0.29, 0.717) is 16.9 Å². The van der Waals surface area contributed by atoms with Gasteiger partial charge in [-0.15, -0.1) is 0 Å². The van der Waals surface area contributed by atoms with Crippen LogP contribution in [0.2, 0.25) is 0 Å². The van der Waals surface area contributed by atoms with Gasteiger partial charge in [-0.05, 0) is 72.2 Å². The zero-order chi connectivity index (χ0) is 18.3. The largest absolute Gasteiger partial charge is 0.396 e. The van der Waals surface area contributed by atoms with Crippen molar-refractivity contribution in [2.24, 2.45) is 0 Å². The van der Waals surface area contributed by atoms with Gasteiger partial charge in [0.25, 0.3) is 0 Å². The Balaban J connectivity index is 1.70. The highest BCUT2D eigenvalue weighted by molar-refractivity contribution is 7.90. The van der Waals surface area contributed by atoms with Gasteiger partial charge in [0.2, 0.25) is 0 Å². The van der Waals surface area contributed by atoms with Gasteiger partial charge in [0.05, 0.1) is 4.90 Å². The van der Waals surface area contributed by atoms with E-state index in [1.165, 1.54) is 23.8 Å². The Kier molecular flexibility index (Phi) is 4.63. The number of likely N-dealkylation sites (tertiary alicyclic amines) is 1. The van der Waals surface area contributed by atoms with Crippen LogP contribution in [-0.4, -0.2) is 44.4 Å². The molecule has 0 radical (unpaired) electrons. The predicted octanol–water partition coefficient (Wildman–Crippen LogP) is 3.37. The zero-order valence-corrected chi connectivity index (χ0v) is 15.9. The number of benzene rings is 2. The Morgan fingerprint density at radius 2 is 1.92 bits per heavy atom. The lowest BCUT2D eigenvalue weighted by Gasteiger charge is -2.33. The average molecular weight is 372 g/mol. The van der Waals surface area contributed by atoms with E-state index >= 15 is 0 Å². The summed E-state index contributed by atoms with van der Waals surface area (Å²) in [4.78, 5) is 2.86. The second kappa shape index (κ2) is 6.80. The monoisotopic (exact) mass is 371 g/mol. The highest BCUT2D eigenvalue weighted by Crippen LogP contribution is 2.49. The molecule has 2 bridgehead atoms. The minimum Gasteiger partial charge on any atom is -0.396 e. The van der Waals surface area contributed by atoms with Crippen molar-refractivity contribution < 1.29 is 13.5 Å². The third-order valence-electron chi connectivity index (χ3n) is 5.80. The maximum Gasteiger partial charge on any atom is 0.175 e. The number of nitrogens with zero attached hydrogens (tertiary/aromatic N) is 1. The van der Waals surface area contributed by atoms with Gasteiger partial charge in [-0.1, -0.05) is 24.3 Å². The number of hydrogen-bond acceptors (Lipinski definition) is 4. The molecule has 0 amide bonds. The summed E-state index contributed by atoms with van der Waals surface area (Å²) in [6, 6.07) is 14.2. The maximum absolute atomic E-state index is 11.9. The SMILES string of the molecule is CS(=O)(=O)c1cccc(-c2ccc3c(c2)[C@@H]2C[C@H]3CCN2CCCO)c1. The summed E-state index contributed by atoms with van der Waals surface area (Å²) in [6.45, 7) is 2.25. The van der Waals surface area contributed by atoms with Gasteiger partial charge in [0.15, 0.2) is 9.84 Å². The van der Waals surface area contributed by atoms with Crippen LogP contribution in [0.4, 0.5) is 0 Å². The Hall–Kier alpha value is -1.69. The van der Waals surface area contributed by atoms with Gasteiger partial charge >= 0.3 is 0 Å². The van der Waals surface area contributed by atoms with Crippen molar-refractivity contribution >= 4 is 9.84 Å². The molecular formula is C21H25NO3S. The summed E-state index contributed by atoms with van der Waals surface area (Å²) in [5.74, 6) is 0.636. The number of sulfone groups is 1. The van der Waals surface area contributed by atoms with Gasteiger partial charge in [-0.25, -0.2) is 8.42 Å². The molecular weight excluding hydrogens is 346 g/mol. The number of aliphatic hydroxyl groups excluding tert-OH is 1. The molecule has 1 heterocycles. The van der Waals surface area contributed by atoms with Crippen LogP contribution in [0.15, 0.2) is 47.4 Å². The lowest BCUT2D eigenvalue weighted by Crippen LogP contribution is -2.33. The molecule has 0 saturated carbocycles. The Labute approximate surface area is 155 Å². The first-order valence-corrected chi connectivity index (χ1v) is 11.2. The highest BCUT2D eigenvalue weighted by Gasteiger charge is 2.38. The molecule has 4 rings (SSSR count). The minimum absolute atomic E-state index is 0.234. The van der Waals surface area contributed by atoms with Crippen molar-refractivity contribution in [3.63, 3.8) is 0 Å². The number of aliphatic hydroxyl groups is 1. The lowest BCUT2D eigenvalue weighted by atomic mass is 9.95. The normalized spacial score (nSPS) is 22.4. The average Bonchev–Trinajstić information content (AvgIpc) is 2.93. The van der Waals surface area contributed by atoms with Gasteiger partial charge in [0, 0.05) is 25.4 Å². The quantitative estimate of drug-likeness (QED) is 0.875. The highest BCUT2D eigenvalue weighted by atomic mass is 32.2. The maximum atomic E-state index is 11.9. The Morgan fingerprint density at radius 3 is 2.69 bits per heavy atom. The van der Waals surface area contributed by atoms with Crippen molar-refractivity contribution in [3.05, 3.63) is 53.6 Å². The van der Waals surface area contributed by atoms with Crippen molar-refractivity contribution in [2.45, 2.75) is 36.1 Å². The van der Waals surface area contributed by atoms with Crippen LogP contribution in [0.1, 0.15) is 42.3 Å². The summed E-state index contributed by atoms with van der Waals surface area (Å²) in [5.41, 5.74) is 4.85. The molecule has 2 aromatic rings. The summed E-state index contributed by atoms with van der Waals surface area (Å²) in [6.07, 6.45) is 4.40. The molecule has 1 aliphatic carbocycles. The standard InChI is InChI=1S/C21H25NO3S/c1-26(24,25)18-5-2-4-15(12-18)16-6-7-19-17-8-10-22(9-3-11-23)21(14-17)20(19)13-16/h2,4-7,12-13,17,21,23H,3,8-11,14H2,1H3/t17-,21+/m1/s1. The molecule has 138 valence electrons.